The summed E-state index contributed by atoms with van der Waals surface area (Å²) in [5, 5.41) is 15.6. The Hall–Kier alpha value is -2.92. The lowest BCUT2D eigenvalue weighted by molar-refractivity contribution is -0.113. The van der Waals surface area contributed by atoms with Crippen LogP contribution in [0.4, 0.5) is 5.00 Å². The summed E-state index contributed by atoms with van der Waals surface area (Å²) in [6.07, 6.45) is 0. The summed E-state index contributed by atoms with van der Waals surface area (Å²) in [6, 6.07) is 9.16. The van der Waals surface area contributed by atoms with E-state index in [2.05, 4.69) is 20.8 Å². The fourth-order valence-electron chi connectivity index (χ4n) is 2.58. The first-order valence-corrected chi connectivity index (χ1v) is 11.0. The summed E-state index contributed by atoms with van der Waals surface area (Å²) in [5.41, 5.74) is 1.46. The molecule has 158 valence electrons. The van der Waals surface area contributed by atoms with Crippen molar-refractivity contribution in [3.8, 4) is 11.4 Å². The van der Waals surface area contributed by atoms with E-state index in [1.807, 2.05) is 31.2 Å². The number of esters is 1. The SMILES string of the molecule is CCOC(=O)c1sc(NC(=O)CSc2nnnn2-c2ccccc2OCC)cc1C. The Morgan fingerprint density at radius 2 is 2.03 bits per heavy atom. The number of carbonyl (C=O) groups excluding carboxylic acids is 2. The predicted molar refractivity (Wildman–Crippen MR) is 115 cm³/mol. The maximum absolute atomic E-state index is 12.4. The topological polar surface area (TPSA) is 108 Å². The molecule has 0 radical (unpaired) electrons. The number of amides is 1. The first-order valence-electron chi connectivity index (χ1n) is 9.24. The summed E-state index contributed by atoms with van der Waals surface area (Å²) in [5.74, 6) is 0.133. The van der Waals surface area contributed by atoms with E-state index in [0.29, 0.717) is 39.7 Å². The highest BCUT2D eigenvalue weighted by Gasteiger charge is 2.18. The number of aromatic nitrogens is 4. The van der Waals surface area contributed by atoms with Gasteiger partial charge in [-0.3, -0.25) is 4.79 Å². The van der Waals surface area contributed by atoms with Crippen LogP contribution in [-0.4, -0.2) is 51.1 Å². The normalized spacial score (nSPS) is 10.6. The van der Waals surface area contributed by atoms with Crippen molar-refractivity contribution >= 4 is 40.0 Å². The molecule has 1 N–H and O–H groups in total. The Morgan fingerprint density at radius 3 is 2.80 bits per heavy atom. The van der Waals surface area contributed by atoms with Crippen molar-refractivity contribution in [2.45, 2.75) is 25.9 Å². The fraction of sp³-hybridized carbons (Fsp3) is 0.316. The van der Waals surface area contributed by atoms with Crippen molar-refractivity contribution in [1.82, 2.24) is 20.2 Å². The molecule has 0 unspecified atom stereocenters. The van der Waals surface area contributed by atoms with Gasteiger partial charge >= 0.3 is 5.97 Å². The molecule has 2 heterocycles. The lowest BCUT2D eigenvalue weighted by Gasteiger charge is -2.10. The average Bonchev–Trinajstić information content (AvgIpc) is 3.33. The minimum atomic E-state index is -0.387. The zero-order valence-electron chi connectivity index (χ0n) is 16.7. The van der Waals surface area contributed by atoms with Gasteiger partial charge in [-0.1, -0.05) is 23.9 Å². The summed E-state index contributed by atoms with van der Waals surface area (Å²) < 4.78 is 12.2. The summed E-state index contributed by atoms with van der Waals surface area (Å²) in [7, 11) is 0. The molecule has 0 saturated heterocycles. The number of nitrogens with one attached hydrogen (secondary N) is 1. The third-order valence-electron chi connectivity index (χ3n) is 3.81. The number of rotatable bonds is 9. The smallest absolute Gasteiger partial charge is 0.348 e. The van der Waals surface area contributed by atoms with Gasteiger partial charge in [0, 0.05) is 0 Å². The van der Waals surface area contributed by atoms with Gasteiger partial charge in [0.1, 0.15) is 16.3 Å². The van der Waals surface area contributed by atoms with Crippen LogP contribution in [0.1, 0.15) is 29.1 Å². The van der Waals surface area contributed by atoms with Gasteiger partial charge in [-0.2, -0.15) is 4.68 Å². The van der Waals surface area contributed by atoms with Gasteiger partial charge in [-0.05, 0) is 55.0 Å². The molecule has 1 amide bonds. The number of ether oxygens (including phenoxy) is 2. The molecule has 3 rings (SSSR count). The van der Waals surface area contributed by atoms with E-state index < -0.39 is 0 Å². The highest BCUT2D eigenvalue weighted by atomic mass is 32.2. The first kappa shape index (κ1) is 21.8. The van der Waals surface area contributed by atoms with Gasteiger partial charge in [-0.15, -0.1) is 16.4 Å². The Balaban J connectivity index is 1.65. The monoisotopic (exact) mass is 447 g/mol. The predicted octanol–water partition coefficient (Wildman–Crippen LogP) is 3.34. The number of nitrogens with zero attached hydrogens (tertiary/aromatic N) is 4. The van der Waals surface area contributed by atoms with Gasteiger partial charge in [-0.25, -0.2) is 4.79 Å². The number of tetrazole rings is 1. The van der Waals surface area contributed by atoms with Crippen molar-refractivity contribution in [1.29, 1.82) is 0 Å². The molecule has 0 spiro atoms. The van der Waals surface area contributed by atoms with E-state index in [-0.39, 0.29) is 17.6 Å². The molecule has 0 saturated carbocycles. The standard InChI is InChI=1S/C19H21N5O4S2/c1-4-27-14-9-7-6-8-13(14)24-19(21-22-23-24)29-11-15(25)20-16-10-12(3)17(30-16)18(26)28-5-2/h6-10H,4-5,11H2,1-3H3,(H,20,25). The van der Waals surface area contributed by atoms with Crippen molar-refractivity contribution in [3.63, 3.8) is 0 Å². The number of para-hydroxylation sites is 2. The number of anilines is 1. The second kappa shape index (κ2) is 10.2. The third kappa shape index (κ3) is 5.16. The van der Waals surface area contributed by atoms with E-state index in [9.17, 15) is 9.59 Å². The van der Waals surface area contributed by atoms with E-state index in [0.717, 1.165) is 5.56 Å². The van der Waals surface area contributed by atoms with Crippen LogP contribution in [-0.2, 0) is 9.53 Å². The molecular weight excluding hydrogens is 426 g/mol. The quantitative estimate of drug-likeness (QED) is 0.393. The minimum Gasteiger partial charge on any atom is -0.492 e. The van der Waals surface area contributed by atoms with Gasteiger partial charge in [0.2, 0.25) is 11.1 Å². The summed E-state index contributed by atoms with van der Waals surface area (Å²) in [6.45, 7) is 6.27. The number of thiophene rings is 1. The van der Waals surface area contributed by atoms with Gasteiger partial charge in [0.25, 0.3) is 0 Å². The molecule has 0 fully saturated rings. The van der Waals surface area contributed by atoms with Crippen LogP contribution in [0.25, 0.3) is 5.69 Å². The Labute approximate surface area is 181 Å². The fourth-order valence-corrected chi connectivity index (χ4v) is 4.24. The maximum atomic E-state index is 12.4. The molecule has 0 aliphatic rings. The van der Waals surface area contributed by atoms with Crippen molar-refractivity contribution in [2.75, 3.05) is 24.3 Å². The van der Waals surface area contributed by atoms with Crippen LogP contribution >= 0.6 is 23.1 Å². The lowest BCUT2D eigenvalue weighted by atomic mass is 10.3. The average molecular weight is 448 g/mol. The van der Waals surface area contributed by atoms with E-state index in [1.54, 1.807) is 19.9 Å². The Morgan fingerprint density at radius 1 is 1.23 bits per heavy atom. The van der Waals surface area contributed by atoms with Crippen LogP contribution < -0.4 is 10.1 Å². The molecule has 30 heavy (non-hydrogen) atoms. The molecule has 0 atom stereocenters. The molecule has 1 aromatic carbocycles. The van der Waals surface area contributed by atoms with Crippen LogP contribution in [0.5, 0.6) is 5.75 Å². The first-order chi connectivity index (χ1) is 14.5. The van der Waals surface area contributed by atoms with Crippen molar-refractivity contribution < 1.29 is 19.1 Å². The number of aryl methyl sites for hydroxylation is 1. The van der Waals surface area contributed by atoms with E-state index >= 15 is 0 Å². The van der Waals surface area contributed by atoms with E-state index in [4.69, 9.17) is 9.47 Å². The van der Waals surface area contributed by atoms with Crippen LogP contribution in [0.2, 0.25) is 0 Å². The Bertz CT molecular complexity index is 1030. The van der Waals surface area contributed by atoms with Gasteiger partial charge in [0.05, 0.1) is 24.0 Å². The van der Waals surface area contributed by atoms with Gasteiger partial charge < -0.3 is 14.8 Å². The van der Waals surface area contributed by atoms with Crippen LogP contribution in [0, 0.1) is 6.92 Å². The summed E-state index contributed by atoms with van der Waals surface area (Å²) in [4.78, 5) is 24.8. The number of carbonyl (C=O) groups is 2. The minimum absolute atomic E-state index is 0.100. The number of hydrogen-bond donors (Lipinski definition) is 1. The van der Waals surface area contributed by atoms with Crippen LogP contribution in [0.15, 0.2) is 35.5 Å². The molecule has 3 aromatic rings. The summed E-state index contributed by atoms with van der Waals surface area (Å²) >= 11 is 2.39. The molecule has 0 bridgehead atoms. The van der Waals surface area contributed by atoms with Crippen molar-refractivity contribution in [2.24, 2.45) is 0 Å². The second-order valence-corrected chi connectivity index (χ2v) is 7.95. The zero-order chi connectivity index (χ0) is 21.5. The third-order valence-corrected chi connectivity index (χ3v) is 5.86. The molecule has 11 heteroatoms. The molecule has 2 aromatic heterocycles. The van der Waals surface area contributed by atoms with Crippen molar-refractivity contribution in [3.05, 3.63) is 40.8 Å². The maximum Gasteiger partial charge on any atom is 0.348 e. The largest absolute Gasteiger partial charge is 0.492 e. The molecule has 0 aliphatic heterocycles. The zero-order valence-corrected chi connectivity index (χ0v) is 18.4. The molecular formula is C19H21N5O4S2. The molecule has 9 nitrogen and oxygen atoms in total. The Kier molecular flexibility index (Phi) is 7.41. The molecule has 0 aliphatic carbocycles. The van der Waals surface area contributed by atoms with Crippen LogP contribution in [0.3, 0.4) is 0 Å². The number of thioether (sulfide) groups is 1. The van der Waals surface area contributed by atoms with E-state index in [1.165, 1.54) is 27.8 Å². The van der Waals surface area contributed by atoms with Gasteiger partial charge in [0.15, 0.2) is 0 Å². The lowest BCUT2D eigenvalue weighted by Crippen LogP contribution is -2.14. The highest BCUT2D eigenvalue weighted by molar-refractivity contribution is 7.99. The number of benzene rings is 1. The second-order valence-electron chi connectivity index (χ2n) is 5.95. The highest BCUT2D eigenvalue weighted by Crippen LogP contribution is 2.29. The number of hydrogen-bond acceptors (Lipinski definition) is 9.